The van der Waals surface area contributed by atoms with Gasteiger partial charge in [0.15, 0.2) is 0 Å². The summed E-state index contributed by atoms with van der Waals surface area (Å²) >= 11 is 1.42. The van der Waals surface area contributed by atoms with E-state index >= 15 is 0 Å². The highest BCUT2D eigenvalue weighted by Crippen LogP contribution is 2.38. The number of carbonyl (C=O) groups excluding carboxylic acids is 3. The molecule has 1 N–H and O–H groups in total. The van der Waals surface area contributed by atoms with Gasteiger partial charge in [-0.25, -0.2) is 0 Å². The van der Waals surface area contributed by atoms with Crippen LogP contribution in [0.1, 0.15) is 28.3 Å². The summed E-state index contributed by atoms with van der Waals surface area (Å²) in [4.78, 5) is 40.7. The fourth-order valence-electron chi connectivity index (χ4n) is 3.61. The molecule has 3 amide bonds. The fourth-order valence-corrected chi connectivity index (χ4v) is 4.83. The van der Waals surface area contributed by atoms with Crippen LogP contribution in [0.2, 0.25) is 0 Å². The third kappa shape index (κ3) is 3.42. The number of hydrogen-bond acceptors (Lipinski definition) is 5. The highest BCUT2D eigenvalue weighted by atomic mass is 32.1. The van der Waals surface area contributed by atoms with E-state index in [1.54, 1.807) is 16.7 Å². The van der Waals surface area contributed by atoms with E-state index in [1.807, 2.05) is 24.3 Å². The highest BCUT2D eigenvalue weighted by molar-refractivity contribution is 7.21. The Morgan fingerprint density at radius 2 is 2.04 bits per heavy atom. The summed E-state index contributed by atoms with van der Waals surface area (Å²) < 4.78 is 6.97. The maximum absolute atomic E-state index is 13.2. The standard InChI is InChI=1S/C19H21N3O4S/c1-12(23)21-8-9-26-14(10-21)17-13-4-2-3-5-15(13)27-18(17)19(25)22-7-6-20-16(24)11-22/h2-5,14H,6-11H2,1H3,(H,20,24)/t14-/m0/s1. The van der Waals surface area contributed by atoms with Gasteiger partial charge in [0.05, 0.1) is 24.6 Å². The van der Waals surface area contributed by atoms with Gasteiger partial charge in [0.2, 0.25) is 11.8 Å². The lowest BCUT2D eigenvalue weighted by atomic mass is 10.0. The largest absolute Gasteiger partial charge is 0.370 e. The van der Waals surface area contributed by atoms with Gasteiger partial charge in [-0.05, 0) is 11.5 Å². The van der Waals surface area contributed by atoms with E-state index in [9.17, 15) is 14.4 Å². The van der Waals surface area contributed by atoms with E-state index in [1.165, 1.54) is 11.3 Å². The monoisotopic (exact) mass is 387 g/mol. The van der Waals surface area contributed by atoms with Crippen LogP contribution in [0, 0.1) is 0 Å². The number of ether oxygens (including phenoxy) is 1. The summed E-state index contributed by atoms with van der Waals surface area (Å²) in [5, 5.41) is 3.72. The Labute approximate surface area is 160 Å². The van der Waals surface area contributed by atoms with Crippen LogP contribution in [0.5, 0.6) is 0 Å². The third-order valence-electron chi connectivity index (χ3n) is 4.99. The number of amides is 3. The summed E-state index contributed by atoms with van der Waals surface area (Å²) in [6.45, 7) is 3.99. The van der Waals surface area contributed by atoms with Crippen molar-refractivity contribution in [2.45, 2.75) is 13.0 Å². The predicted octanol–water partition coefficient (Wildman–Crippen LogP) is 1.39. The number of thiophene rings is 1. The second kappa shape index (κ2) is 7.28. The quantitative estimate of drug-likeness (QED) is 0.845. The van der Waals surface area contributed by atoms with Crippen molar-refractivity contribution in [2.75, 3.05) is 39.3 Å². The fraction of sp³-hybridized carbons (Fsp3) is 0.421. The first kappa shape index (κ1) is 17.9. The van der Waals surface area contributed by atoms with E-state index in [2.05, 4.69) is 5.32 Å². The second-order valence-corrected chi connectivity index (χ2v) is 7.79. The molecular weight excluding hydrogens is 366 g/mol. The molecule has 2 aromatic rings. The van der Waals surface area contributed by atoms with Crippen LogP contribution in [-0.4, -0.2) is 66.9 Å². The van der Waals surface area contributed by atoms with E-state index in [4.69, 9.17) is 4.74 Å². The number of piperazine rings is 1. The number of benzene rings is 1. The minimum Gasteiger partial charge on any atom is -0.370 e. The van der Waals surface area contributed by atoms with Gasteiger partial charge in [0.25, 0.3) is 5.91 Å². The lowest BCUT2D eigenvalue weighted by Crippen LogP contribution is -2.50. The third-order valence-corrected chi connectivity index (χ3v) is 6.16. The molecule has 3 heterocycles. The molecule has 0 bridgehead atoms. The Hall–Kier alpha value is -2.45. The second-order valence-electron chi connectivity index (χ2n) is 6.74. The van der Waals surface area contributed by atoms with E-state index in [0.717, 1.165) is 15.6 Å². The molecule has 2 aliphatic heterocycles. The van der Waals surface area contributed by atoms with Gasteiger partial charge < -0.3 is 19.9 Å². The first-order chi connectivity index (χ1) is 13.0. The molecule has 1 atom stereocenters. The SMILES string of the molecule is CC(=O)N1CCO[C@H](c2c(C(=O)N3CCNC(=O)C3)sc3ccccc23)C1. The number of carbonyl (C=O) groups is 3. The molecule has 2 aliphatic rings. The number of fused-ring (bicyclic) bond motifs is 1. The molecule has 1 aromatic heterocycles. The molecule has 1 aromatic carbocycles. The van der Waals surface area contributed by atoms with Gasteiger partial charge in [0, 0.05) is 36.8 Å². The minimum atomic E-state index is -0.351. The average Bonchev–Trinajstić information content (AvgIpc) is 3.07. The Morgan fingerprint density at radius 3 is 2.81 bits per heavy atom. The molecule has 0 spiro atoms. The topological polar surface area (TPSA) is 79.0 Å². The van der Waals surface area contributed by atoms with E-state index in [-0.39, 0.29) is 30.4 Å². The predicted molar refractivity (Wildman–Crippen MR) is 102 cm³/mol. The Bertz CT molecular complexity index is 909. The number of nitrogens with one attached hydrogen (secondary N) is 1. The van der Waals surface area contributed by atoms with Crippen LogP contribution in [0.3, 0.4) is 0 Å². The lowest BCUT2D eigenvalue weighted by Gasteiger charge is -2.33. The lowest BCUT2D eigenvalue weighted by molar-refractivity contribution is -0.136. The van der Waals surface area contributed by atoms with Gasteiger partial charge in [0.1, 0.15) is 6.10 Å². The first-order valence-electron chi connectivity index (χ1n) is 8.99. The molecule has 2 fully saturated rings. The molecule has 0 saturated carbocycles. The normalized spacial score (nSPS) is 20.6. The Balaban J connectivity index is 1.74. The average molecular weight is 387 g/mol. The van der Waals surface area contributed by atoms with Crippen LogP contribution in [0.25, 0.3) is 10.1 Å². The van der Waals surface area contributed by atoms with Gasteiger partial charge in [-0.1, -0.05) is 18.2 Å². The van der Waals surface area contributed by atoms with Crippen molar-refractivity contribution in [2.24, 2.45) is 0 Å². The zero-order valence-corrected chi connectivity index (χ0v) is 15.9. The van der Waals surface area contributed by atoms with Crippen molar-refractivity contribution in [3.8, 4) is 0 Å². The summed E-state index contributed by atoms with van der Waals surface area (Å²) in [7, 11) is 0. The molecule has 0 unspecified atom stereocenters. The van der Waals surface area contributed by atoms with Gasteiger partial charge in [-0.2, -0.15) is 0 Å². The van der Waals surface area contributed by atoms with Gasteiger partial charge in [-0.15, -0.1) is 11.3 Å². The summed E-state index contributed by atoms with van der Waals surface area (Å²) in [5.41, 5.74) is 0.831. The molecule has 142 valence electrons. The van der Waals surface area contributed by atoms with Crippen LogP contribution < -0.4 is 5.32 Å². The molecule has 7 nitrogen and oxygen atoms in total. The van der Waals surface area contributed by atoms with E-state index in [0.29, 0.717) is 37.7 Å². The number of rotatable bonds is 2. The molecule has 0 aliphatic carbocycles. The number of morpholine rings is 1. The molecule has 2 saturated heterocycles. The van der Waals surface area contributed by atoms with Crippen molar-refractivity contribution < 1.29 is 19.1 Å². The Kier molecular flexibility index (Phi) is 4.84. The maximum Gasteiger partial charge on any atom is 0.264 e. The van der Waals surface area contributed by atoms with Crippen LogP contribution >= 0.6 is 11.3 Å². The molecular formula is C19H21N3O4S. The van der Waals surface area contributed by atoms with Crippen LogP contribution in [0.15, 0.2) is 24.3 Å². The Morgan fingerprint density at radius 1 is 1.22 bits per heavy atom. The zero-order valence-electron chi connectivity index (χ0n) is 15.1. The van der Waals surface area contributed by atoms with Crippen molar-refractivity contribution >= 4 is 39.1 Å². The van der Waals surface area contributed by atoms with E-state index < -0.39 is 0 Å². The van der Waals surface area contributed by atoms with Crippen LogP contribution in [0.4, 0.5) is 0 Å². The zero-order chi connectivity index (χ0) is 19.0. The van der Waals surface area contributed by atoms with Crippen molar-refractivity contribution in [3.63, 3.8) is 0 Å². The minimum absolute atomic E-state index is 0.00316. The van der Waals surface area contributed by atoms with Crippen LogP contribution in [-0.2, 0) is 14.3 Å². The highest BCUT2D eigenvalue weighted by Gasteiger charge is 2.33. The number of hydrogen-bond donors (Lipinski definition) is 1. The molecule has 8 heteroatoms. The smallest absolute Gasteiger partial charge is 0.264 e. The summed E-state index contributed by atoms with van der Waals surface area (Å²) in [6, 6.07) is 7.84. The maximum atomic E-state index is 13.2. The number of nitrogens with zero attached hydrogens (tertiary/aromatic N) is 2. The summed E-state index contributed by atoms with van der Waals surface area (Å²) in [6.07, 6.45) is -0.351. The van der Waals surface area contributed by atoms with Crippen molar-refractivity contribution in [1.29, 1.82) is 0 Å². The molecule has 27 heavy (non-hydrogen) atoms. The van der Waals surface area contributed by atoms with Gasteiger partial charge >= 0.3 is 0 Å². The summed E-state index contributed by atoms with van der Waals surface area (Å²) in [5.74, 6) is -0.290. The first-order valence-corrected chi connectivity index (χ1v) is 9.80. The van der Waals surface area contributed by atoms with Gasteiger partial charge in [-0.3, -0.25) is 14.4 Å². The molecule has 0 radical (unpaired) electrons. The molecule has 4 rings (SSSR count). The van der Waals surface area contributed by atoms with Crippen molar-refractivity contribution in [1.82, 2.24) is 15.1 Å². The van der Waals surface area contributed by atoms with Crippen molar-refractivity contribution in [3.05, 3.63) is 34.7 Å².